The minimum atomic E-state index is -0.980. The molecule has 3 amide bonds. The third-order valence-corrected chi connectivity index (χ3v) is 3.83. The molecule has 2 aromatic rings. The van der Waals surface area contributed by atoms with E-state index in [1.807, 2.05) is 19.1 Å². The fraction of sp³-hybridized carbons (Fsp3) is 0.294. The number of nitrogens with zero attached hydrogens (tertiary/aromatic N) is 3. The van der Waals surface area contributed by atoms with E-state index in [1.54, 1.807) is 27.0 Å². The van der Waals surface area contributed by atoms with Gasteiger partial charge in [0.1, 0.15) is 23.4 Å². The maximum absolute atomic E-state index is 12.4. The SMILES string of the molecule is COc1ccc(C)c(Oc2cc(N3C(=O)NC(C)(C)C3=O)ncn2)c1. The lowest BCUT2D eigenvalue weighted by atomic mass is 10.1. The maximum atomic E-state index is 12.4. The number of urea groups is 1. The predicted octanol–water partition coefficient (Wildman–Crippen LogP) is 2.42. The average Bonchev–Trinajstić information content (AvgIpc) is 2.77. The highest BCUT2D eigenvalue weighted by atomic mass is 16.5. The number of rotatable bonds is 4. The molecule has 0 unspecified atom stereocenters. The van der Waals surface area contributed by atoms with Gasteiger partial charge in [-0.2, -0.15) is 0 Å². The van der Waals surface area contributed by atoms with E-state index >= 15 is 0 Å². The first-order valence-corrected chi connectivity index (χ1v) is 7.63. The van der Waals surface area contributed by atoms with E-state index in [-0.39, 0.29) is 17.6 Å². The topological polar surface area (TPSA) is 93.7 Å². The zero-order valence-electron chi connectivity index (χ0n) is 14.4. The fourth-order valence-electron chi connectivity index (χ4n) is 2.39. The Balaban J connectivity index is 1.90. The molecule has 1 fully saturated rings. The van der Waals surface area contributed by atoms with Crippen LogP contribution in [0.2, 0.25) is 0 Å². The highest BCUT2D eigenvalue weighted by molar-refractivity contribution is 6.22. The molecule has 2 heterocycles. The van der Waals surface area contributed by atoms with Crippen molar-refractivity contribution >= 4 is 17.8 Å². The quantitative estimate of drug-likeness (QED) is 0.858. The van der Waals surface area contributed by atoms with Gasteiger partial charge in [-0.1, -0.05) is 6.07 Å². The predicted molar refractivity (Wildman–Crippen MR) is 89.9 cm³/mol. The number of hydrogen-bond acceptors (Lipinski definition) is 6. The number of nitrogens with one attached hydrogen (secondary N) is 1. The van der Waals surface area contributed by atoms with Gasteiger partial charge in [0, 0.05) is 12.1 Å². The largest absolute Gasteiger partial charge is 0.497 e. The Labute approximate surface area is 144 Å². The van der Waals surface area contributed by atoms with Crippen LogP contribution in [0, 0.1) is 6.92 Å². The third kappa shape index (κ3) is 3.10. The standard InChI is InChI=1S/C17H18N4O4/c1-10-5-6-11(24-4)7-12(10)25-14-8-13(18-9-19-14)21-15(22)17(2,3)20-16(21)23/h5-9H,1-4H3,(H,20,23). The van der Waals surface area contributed by atoms with E-state index in [4.69, 9.17) is 9.47 Å². The van der Waals surface area contributed by atoms with Gasteiger partial charge in [0.2, 0.25) is 5.88 Å². The molecule has 8 heteroatoms. The van der Waals surface area contributed by atoms with Crippen LogP contribution in [0.25, 0.3) is 0 Å². The van der Waals surface area contributed by atoms with E-state index in [0.29, 0.717) is 11.5 Å². The lowest BCUT2D eigenvalue weighted by Crippen LogP contribution is -2.40. The number of anilines is 1. The van der Waals surface area contributed by atoms with Crippen molar-refractivity contribution in [2.45, 2.75) is 26.3 Å². The van der Waals surface area contributed by atoms with Crippen molar-refractivity contribution in [2.75, 3.05) is 12.0 Å². The van der Waals surface area contributed by atoms with Crippen LogP contribution in [0.3, 0.4) is 0 Å². The summed E-state index contributed by atoms with van der Waals surface area (Å²) < 4.78 is 11.0. The zero-order chi connectivity index (χ0) is 18.2. The molecule has 1 aliphatic rings. The maximum Gasteiger partial charge on any atom is 0.330 e. The zero-order valence-corrected chi connectivity index (χ0v) is 14.4. The van der Waals surface area contributed by atoms with E-state index in [9.17, 15) is 9.59 Å². The van der Waals surface area contributed by atoms with Gasteiger partial charge < -0.3 is 14.8 Å². The lowest BCUT2D eigenvalue weighted by molar-refractivity contribution is -0.121. The molecular weight excluding hydrogens is 324 g/mol. The number of imide groups is 1. The van der Waals surface area contributed by atoms with Crippen LogP contribution in [0.5, 0.6) is 17.4 Å². The number of carbonyl (C=O) groups excluding carboxylic acids is 2. The van der Waals surface area contributed by atoms with E-state index in [1.165, 1.54) is 12.4 Å². The summed E-state index contributed by atoms with van der Waals surface area (Å²) in [5.74, 6) is 1.18. The number of aryl methyl sites for hydroxylation is 1. The molecule has 0 atom stereocenters. The molecular formula is C17H18N4O4. The second-order valence-electron chi connectivity index (χ2n) is 6.14. The molecule has 1 aromatic carbocycles. The molecule has 1 aliphatic heterocycles. The first kappa shape index (κ1) is 16.7. The second-order valence-corrected chi connectivity index (χ2v) is 6.14. The summed E-state index contributed by atoms with van der Waals surface area (Å²) in [4.78, 5) is 33.5. The molecule has 1 N–H and O–H groups in total. The van der Waals surface area contributed by atoms with E-state index in [0.717, 1.165) is 10.5 Å². The minimum Gasteiger partial charge on any atom is -0.497 e. The number of methoxy groups -OCH3 is 1. The van der Waals surface area contributed by atoms with Gasteiger partial charge in [-0.3, -0.25) is 4.79 Å². The normalized spacial score (nSPS) is 15.9. The average molecular weight is 342 g/mol. The highest BCUT2D eigenvalue weighted by Crippen LogP contribution is 2.30. The Kier molecular flexibility index (Phi) is 4.03. The molecule has 0 radical (unpaired) electrons. The summed E-state index contributed by atoms with van der Waals surface area (Å²) in [5.41, 5.74) is -0.0935. The number of ether oxygens (including phenoxy) is 2. The lowest BCUT2D eigenvalue weighted by Gasteiger charge is -2.15. The van der Waals surface area contributed by atoms with Crippen LogP contribution in [-0.4, -0.2) is 34.6 Å². The number of aromatic nitrogens is 2. The summed E-state index contributed by atoms with van der Waals surface area (Å²) in [5, 5.41) is 2.60. The van der Waals surface area contributed by atoms with Crippen molar-refractivity contribution < 1.29 is 19.1 Å². The van der Waals surface area contributed by atoms with E-state index in [2.05, 4.69) is 15.3 Å². The summed E-state index contributed by atoms with van der Waals surface area (Å²) in [6.07, 6.45) is 1.24. The van der Waals surface area contributed by atoms with Gasteiger partial charge in [-0.05, 0) is 32.4 Å². The molecule has 1 aromatic heterocycles. The minimum absolute atomic E-state index is 0.152. The first-order chi connectivity index (χ1) is 11.8. The van der Waals surface area contributed by atoms with Gasteiger partial charge in [0.25, 0.3) is 5.91 Å². The van der Waals surface area contributed by atoms with Gasteiger partial charge in [0.05, 0.1) is 7.11 Å². The smallest absolute Gasteiger partial charge is 0.330 e. The van der Waals surface area contributed by atoms with Crippen molar-refractivity contribution in [1.82, 2.24) is 15.3 Å². The van der Waals surface area contributed by atoms with E-state index < -0.39 is 11.6 Å². The molecule has 0 bridgehead atoms. The Morgan fingerprint density at radius 2 is 1.92 bits per heavy atom. The molecule has 1 saturated heterocycles. The molecule has 130 valence electrons. The number of amides is 3. The van der Waals surface area contributed by atoms with Crippen molar-refractivity contribution in [2.24, 2.45) is 0 Å². The van der Waals surface area contributed by atoms with Crippen molar-refractivity contribution in [1.29, 1.82) is 0 Å². The van der Waals surface area contributed by atoms with Crippen LogP contribution in [-0.2, 0) is 4.79 Å². The molecule has 0 aliphatic carbocycles. The second kappa shape index (κ2) is 6.04. The van der Waals surface area contributed by atoms with Gasteiger partial charge >= 0.3 is 6.03 Å². The first-order valence-electron chi connectivity index (χ1n) is 7.63. The summed E-state index contributed by atoms with van der Waals surface area (Å²) in [7, 11) is 1.57. The molecule has 0 saturated carbocycles. The summed E-state index contributed by atoms with van der Waals surface area (Å²) in [6.45, 7) is 5.15. The Bertz CT molecular complexity index is 850. The highest BCUT2D eigenvalue weighted by Gasteiger charge is 2.45. The molecule has 0 spiro atoms. The fourth-order valence-corrected chi connectivity index (χ4v) is 2.39. The Morgan fingerprint density at radius 3 is 2.56 bits per heavy atom. The third-order valence-electron chi connectivity index (χ3n) is 3.83. The van der Waals surface area contributed by atoms with Crippen LogP contribution in [0.4, 0.5) is 10.6 Å². The van der Waals surface area contributed by atoms with Crippen LogP contribution in [0.1, 0.15) is 19.4 Å². The van der Waals surface area contributed by atoms with Crippen molar-refractivity contribution in [3.8, 4) is 17.4 Å². The Morgan fingerprint density at radius 1 is 1.16 bits per heavy atom. The monoisotopic (exact) mass is 342 g/mol. The van der Waals surface area contributed by atoms with Crippen LogP contribution in [0.15, 0.2) is 30.6 Å². The summed E-state index contributed by atoms with van der Waals surface area (Å²) in [6, 6.07) is 6.32. The van der Waals surface area contributed by atoms with Gasteiger partial charge in [-0.15, -0.1) is 0 Å². The number of carbonyl (C=O) groups is 2. The molecule has 3 rings (SSSR count). The number of benzene rings is 1. The van der Waals surface area contributed by atoms with Gasteiger partial charge in [0.15, 0.2) is 5.82 Å². The Hall–Kier alpha value is -3.16. The van der Waals surface area contributed by atoms with Gasteiger partial charge in [-0.25, -0.2) is 19.7 Å². The number of hydrogen-bond donors (Lipinski definition) is 1. The summed E-state index contributed by atoms with van der Waals surface area (Å²) >= 11 is 0. The van der Waals surface area contributed by atoms with Crippen molar-refractivity contribution in [3.63, 3.8) is 0 Å². The molecule has 8 nitrogen and oxygen atoms in total. The van der Waals surface area contributed by atoms with Crippen LogP contribution < -0.4 is 19.7 Å². The van der Waals surface area contributed by atoms with Crippen LogP contribution >= 0.6 is 0 Å². The molecule has 25 heavy (non-hydrogen) atoms. The van der Waals surface area contributed by atoms with Crippen molar-refractivity contribution in [3.05, 3.63) is 36.2 Å².